The molecule has 20 heavy (non-hydrogen) atoms. The lowest BCUT2D eigenvalue weighted by atomic mass is 10.1. The maximum absolute atomic E-state index is 9.30. The van der Waals surface area contributed by atoms with Crippen LogP contribution in [0.25, 0.3) is 0 Å². The minimum Gasteiger partial charge on any atom is -0.417 e. The third kappa shape index (κ3) is 5.11. The molecule has 2 atom stereocenters. The van der Waals surface area contributed by atoms with E-state index in [4.69, 9.17) is 13.9 Å². The molecule has 1 rings (SSSR count). The van der Waals surface area contributed by atoms with E-state index in [0.29, 0.717) is 0 Å². The molecule has 0 radical (unpaired) electrons. The summed E-state index contributed by atoms with van der Waals surface area (Å²) in [5, 5.41) is 9.53. The minimum absolute atomic E-state index is 0.0480. The van der Waals surface area contributed by atoms with Gasteiger partial charge in [0.15, 0.2) is 14.1 Å². The topological polar surface area (TPSA) is 47.9 Å². The monoisotopic (exact) mass is 304 g/mol. The van der Waals surface area contributed by atoms with Gasteiger partial charge in [0.1, 0.15) is 0 Å². The lowest BCUT2D eigenvalue weighted by molar-refractivity contribution is -0.305. The molecule has 1 fully saturated rings. The average molecular weight is 305 g/mol. The highest BCUT2D eigenvalue weighted by atomic mass is 28.4. The first-order valence-electron chi connectivity index (χ1n) is 7.57. The molecule has 120 valence electrons. The molecule has 0 aliphatic carbocycles. The van der Waals surface area contributed by atoms with Crippen molar-refractivity contribution in [1.29, 1.82) is 0 Å². The van der Waals surface area contributed by atoms with Crippen LogP contribution in [0.1, 0.15) is 47.5 Å². The summed E-state index contributed by atoms with van der Waals surface area (Å²) in [6.45, 7) is 15.8. The molecule has 0 aromatic rings. The van der Waals surface area contributed by atoms with Gasteiger partial charge in [-0.25, -0.2) is 0 Å². The molecular formula is C15H32O4Si. The van der Waals surface area contributed by atoms with Crippen molar-refractivity contribution < 1.29 is 19.0 Å². The third-order valence-electron chi connectivity index (χ3n) is 4.34. The Morgan fingerprint density at radius 2 is 1.75 bits per heavy atom. The highest BCUT2D eigenvalue weighted by Gasteiger charge is 2.38. The highest BCUT2D eigenvalue weighted by molar-refractivity contribution is 6.74. The van der Waals surface area contributed by atoms with Gasteiger partial charge in [-0.2, -0.15) is 0 Å². The van der Waals surface area contributed by atoms with Crippen LogP contribution in [0.3, 0.4) is 0 Å². The average Bonchev–Trinajstić information content (AvgIpc) is 2.25. The summed E-state index contributed by atoms with van der Waals surface area (Å²) in [6.07, 6.45) is 1.56. The summed E-state index contributed by atoms with van der Waals surface area (Å²) in [4.78, 5) is 0. The smallest absolute Gasteiger partial charge is 0.191 e. The van der Waals surface area contributed by atoms with Crippen LogP contribution in [0.5, 0.6) is 0 Å². The summed E-state index contributed by atoms with van der Waals surface area (Å²) in [5.74, 6) is -0.618. The van der Waals surface area contributed by atoms with Gasteiger partial charge < -0.3 is 19.0 Å². The van der Waals surface area contributed by atoms with Crippen LogP contribution in [0.4, 0.5) is 0 Å². The van der Waals surface area contributed by atoms with E-state index in [1.54, 1.807) is 0 Å². The van der Waals surface area contributed by atoms with Crippen molar-refractivity contribution in [2.24, 2.45) is 0 Å². The molecule has 4 nitrogen and oxygen atoms in total. The molecule has 0 aromatic carbocycles. The predicted molar refractivity (Wildman–Crippen MR) is 83.3 cm³/mol. The lowest BCUT2D eigenvalue weighted by Gasteiger charge is -2.41. The molecule has 1 heterocycles. The van der Waals surface area contributed by atoms with Crippen LogP contribution >= 0.6 is 0 Å². The second-order valence-electron chi connectivity index (χ2n) is 7.70. The molecule has 0 spiro atoms. The molecule has 1 aliphatic heterocycles. The van der Waals surface area contributed by atoms with Gasteiger partial charge in [-0.15, -0.1) is 0 Å². The number of hydrogen-bond acceptors (Lipinski definition) is 4. The van der Waals surface area contributed by atoms with E-state index in [1.165, 1.54) is 0 Å². The van der Waals surface area contributed by atoms with Crippen LogP contribution in [-0.2, 0) is 13.9 Å². The Kier molecular flexibility index (Phi) is 5.83. The van der Waals surface area contributed by atoms with E-state index in [9.17, 15) is 5.11 Å². The van der Waals surface area contributed by atoms with Gasteiger partial charge in [-0.05, 0) is 38.4 Å². The van der Waals surface area contributed by atoms with E-state index in [1.807, 2.05) is 13.8 Å². The maximum Gasteiger partial charge on any atom is 0.191 e. The SMILES string of the molecule is CC1(C)O[C@H](CO)C[C@H](CCO[Si](C)(C)C(C)(C)C)O1. The highest BCUT2D eigenvalue weighted by Crippen LogP contribution is 2.37. The third-order valence-corrected chi connectivity index (χ3v) is 8.88. The van der Waals surface area contributed by atoms with Crippen molar-refractivity contribution in [3.05, 3.63) is 0 Å². The van der Waals surface area contributed by atoms with Crippen molar-refractivity contribution in [2.45, 2.75) is 83.6 Å². The van der Waals surface area contributed by atoms with E-state index >= 15 is 0 Å². The molecule has 1 N–H and O–H groups in total. The van der Waals surface area contributed by atoms with Gasteiger partial charge >= 0.3 is 0 Å². The molecule has 1 aliphatic rings. The summed E-state index contributed by atoms with van der Waals surface area (Å²) in [7, 11) is -1.69. The summed E-state index contributed by atoms with van der Waals surface area (Å²) < 4.78 is 17.7. The standard InChI is InChI=1S/C15H32O4Si/c1-14(2,3)20(6,7)17-9-8-12-10-13(11-16)19-15(4,5)18-12/h12-13,16H,8-11H2,1-7H3/t12-,13-/m0/s1. The molecule has 0 saturated carbocycles. The fraction of sp³-hybridized carbons (Fsp3) is 1.00. The first-order valence-corrected chi connectivity index (χ1v) is 10.5. The zero-order valence-electron chi connectivity index (χ0n) is 14.2. The number of hydrogen-bond donors (Lipinski definition) is 1. The Bertz CT molecular complexity index is 309. The Hall–Kier alpha value is 0.0569. The summed E-state index contributed by atoms with van der Waals surface area (Å²) in [5.41, 5.74) is 0. The van der Waals surface area contributed by atoms with Crippen LogP contribution in [0, 0.1) is 0 Å². The first kappa shape index (κ1) is 18.1. The summed E-state index contributed by atoms with van der Waals surface area (Å²) in [6, 6.07) is 0. The van der Waals surface area contributed by atoms with Gasteiger partial charge in [0.2, 0.25) is 0 Å². The Balaban J connectivity index is 2.45. The van der Waals surface area contributed by atoms with Gasteiger partial charge in [0, 0.05) is 13.0 Å². The zero-order valence-corrected chi connectivity index (χ0v) is 15.2. The van der Waals surface area contributed by atoms with Crippen LogP contribution in [0.15, 0.2) is 0 Å². The van der Waals surface area contributed by atoms with Gasteiger partial charge in [0.05, 0.1) is 18.8 Å². The number of aliphatic hydroxyl groups is 1. The largest absolute Gasteiger partial charge is 0.417 e. The van der Waals surface area contributed by atoms with Crippen LogP contribution in [-0.4, -0.2) is 44.6 Å². The van der Waals surface area contributed by atoms with E-state index in [0.717, 1.165) is 19.4 Å². The molecule has 0 unspecified atom stereocenters. The second kappa shape index (κ2) is 6.44. The molecule has 0 aromatic heterocycles. The Morgan fingerprint density at radius 3 is 2.25 bits per heavy atom. The Labute approximate surface area is 124 Å². The van der Waals surface area contributed by atoms with Crippen LogP contribution in [0.2, 0.25) is 18.1 Å². The first-order chi connectivity index (χ1) is 8.97. The minimum atomic E-state index is -1.69. The predicted octanol–water partition coefficient (Wildman–Crippen LogP) is 3.30. The molecule has 1 saturated heterocycles. The number of rotatable bonds is 5. The van der Waals surface area contributed by atoms with Crippen molar-refractivity contribution in [3.63, 3.8) is 0 Å². The Morgan fingerprint density at radius 1 is 1.20 bits per heavy atom. The number of ether oxygens (including phenoxy) is 2. The van der Waals surface area contributed by atoms with Crippen molar-refractivity contribution >= 4 is 8.32 Å². The fourth-order valence-electron chi connectivity index (χ4n) is 2.17. The fourth-order valence-corrected chi connectivity index (χ4v) is 3.23. The van der Waals surface area contributed by atoms with Crippen molar-refractivity contribution in [3.8, 4) is 0 Å². The lowest BCUT2D eigenvalue weighted by Crippen LogP contribution is -2.47. The van der Waals surface area contributed by atoms with E-state index in [-0.39, 0.29) is 23.9 Å². The molecule has 0 amide bonds. The quantitative estimate of drug-likeness (QED) is 0.792. The summed E-state index contributed by atoms with van der Waals surface area (Å²) >= 11 is 0. The van der Waals surface area contributed by atoms with Gasteiger partial charge in [-0.3, -0.25) is 0 Å². The normalized spacial score (nSPS) is 27.6. The van der Waals surface area contributed by atoms with Crippen molar-refractivity contribution in [2.75, 3.05) is 13.2 Å². The van der Waals surface area contributed by atoms with Gasteiger partial charge in [-0.1, -0.05) is 20.8 Å². The van der Waals surface area contributed by atoms with Crippen molar-refractivity contribution in [1.82, 2.24) is 0 Å². The molecule has 0 bridgehead atoms. The molecule has 5 heteroatoms. The molecular weight excluding hydrogens is 272 g/mol. The second-order valence-corrected chi connectivity index (χ2v) is 12.5. The van der Waals surface area contributed by atoms with Crippen LogP contribution < -0.4 is 0 Å². The van der Waals surface area contributed by atoms with E-state index < -0.39 is 14.1 Å². The van der Waals surface area contributed by atoms with E-state index in [2.05, 4.69) is 33.9 Å². The number of aliphatic hydroxyl groups excluding tert-OH is 1. The maximum atomic E-state index is 9.30. The van der Waals surface area contributed by atoms with Gasteiger partial charge in [0.25, 0.3) is 0 Å². The zero-order chi connectivity index (χ0) is 15.6.